The molecule has 0 aliphatic carbocycles. The summed E-state index contributed by atoms with van der Waals surface area (Å²) >= 11 is 4.93. The van der Waals surface area contributed by atoms with Gasteiger partial charge in [0.15, 0.2) is 0 Å². The topological polar surface area (TPSA) is 34.1 Å². The van der Waals surface area contributed by atoms with Crippen molar-refractivity contribution in [3.05, 3.63) is 17.8 Å². The summed E-state index contributed by atoms with van der Waals surface area (Å²) in [4.78, 5) is 4.93. The quantitative estimate of drug-likeness (QED) is 0.735. The Balaban J connectivity index is 2.91. The first-order valence-corrected chi connectivity index (χ1v) is 4.33. The second kappa shape index (κ2) is 4.18. The van der Waals surface area contributed by atoms with E-state index in [0.717, 1.165) is 16.4 Å². The molecule has 0 spiro atoms. The van der Waals surface area contributed by atoms with E-state index in [9.17, 15) is 0 Å². The first kappa shape index (κ1) is 9.92. The Kier molecular flexibility index (Phi) is 3.19. The van der Waals surface area contributed by atoms with Gasteiger partial charge in [-0.1, -0.05) is 12.2 Å². The van der Waals surface area contributed by atoms with Crippen LogP contribution in [0.3, 0.4) is 0 Å². The number of thiocarbonyl (C=S) groups is 1. The molecule has 3 nitrogen and oxygen atoms in total. The van der Waals surface area contributed by atoms with Crippen LogP contribution in [0.15, 0.2) is 12.1 Å². The Morgan fingerprint density at radius 3 is 2.69 bits per heavy atom. The third-order valence-corrected chi connectivity index (χ3v) is 1.68. The number of hydrogen-bond donors (Lipinski definition) is 1. The number of anilines is 1. The summed E-state index contributed by atoms with van der Waals surface area (Å²) in [5, 5.41) is 3.04. The first-order chi connectivity index (χ1) is 6.13. The van der Waals surface area contributed by atoms with Crippen LogP contribution in [-0.4, -0.2) is 17.1 Å². The predicted molar refractivity (Wildman–Crippen MR) is 57.4 cm³/mol. The summed E-state index contributed by atoms with van der Waals surface area (Å²) in [6.07, 6.45) is 0. The van der Waals surface area contributed by atoms with E-state index in [0.29, 0.717) is 5.88 Å². The van der Waals surface area contributed by atoms with Crippen LogP contribution in [-0.2, 0) is 0 Å². The van der Waals surface area contributed by atoms with Crippen LogP contribution in [0.25, 0.3) is 0 Å². The van der Waals surface area contributed by atoms with Gasteiger partial charge in [-0.25, -0.2) is 4.98 Å². The van der Waals surface area contributed by atoms with Gasteiger partial charge in [0.25, 0.3) is 0 Å². The minimum absolute atomic E-state index is 0.616. The van der Waals surface area contributed by atoms with Crippen LogP contribution in [0.1, 0.15) is 12.6 Å². The maximum atomic E-state index is 4.98. The van der Waals surface area contributed by atoms with Gasteiger partial charge in [0.2, 0.25) is 5.88 Å². The fraction of sp³-hybridized carbons (Fsp3) is 0.333. The minimum atomic E-state index is 0.616. The molecular formula is C9H12N2OS. The van der Waals surface area contributed by atoms with Gasteiger partial charge < -0.3 is 10.1 Å². The monoisotopic (exact) mass is 196 g/mol. The van der Waals surface area contributed by atoms with Crippen LogP contribution < -0.4 is 10.1 Å². The number of aromatic nitrogens is 1. The van der Waals surface area contributed by atoms with Crippen molar-refractivity contribution in [3.8, 4) is 5.88 Å². The van der Waals surface area contributed by atoms with Gasteiger partial charge in [-0.3, -0.25) is 0 Å². The van der Waals surface area contributed by atoms with Gasteiger partial charge in [-0.2, -0.15) is 0 Å². The van der Waals surface area contributed by atoms with Crippen molar-refractivity contribution < 1.29 is 4.74 Å². The summed E-state index contributed by atoms with van der Waals surface area (Å²) in [6.45, 7) is 3.74. The number of pyridine rings is 1. The van der Waals surface area contributed by atoms with E-state index in [2.05, 4.69) is 10.3 Å². The largest absolute Gasteiger partial charge is 0.481 e. The van der Waals surface area contributed by atoms with E-state index in [-0.39, 0.29) is 0 Å². The van der Waals surface area contributed by atoms with Crippen molar-refractivity contribution in [1.82, 2.24) is 4.98 Å². The lowest BCUT2D eigenvalue weighted by Crippen LogP contribution is -2.06. The van der Waals surface area contributed by atoms with Crippen LogP contribution in [0, 0.1) is 6.92 Å². The van der Waals surface area contributed by atoms with Gasteiger partial charge in [0.1, 0.15) is 0 Å². The molecule has 0 fully saturated rings. The third-order valence-electron chi connectivity index (χ3n) is 1.58. The Morgan fingerprint density at radius 2 is 2.23 bits per heavy atom. The molecule has 1 aromatic heterocycles. The van der Waals surface area contributed by atoms with Gasteiger partial charge in [-0.15, -0.1) is 0 Å². The molecule has 0 atom stereocenters. The van der Waals surface area contributed by atoms with Gasteiger partial charge in [0.05, 0.1) is 23.5 Å². The lowest BCUT2D eigenvalue weighted by molar-refractivity contribution is 0.397. The zero-order valence-corrected chi connectivity index (χ0v) is 8.73. The van der Waals surface area contributed by atoms with Crippen molar-refractivity contribution >= 4 is 22.9 Å². The van der Waals surface area contributed by atoms with Crippen molar-refractivity contribution in [1.29, 1.82) is 0 Å². The molecular weight excluding hydrogens is 184 g/mol. The highest BCUT2D eigenvalue weighted by Gasteiger charge is 2.01. The van der Waals surface area contributed by atoms with Gasteiger partial charge in [-0.05, 0) is 19.9 Å². The molecule has 1 heterocycles. The molecule has 0 amide bonds. The average molecular weight is 196 g/mol. The van der Waals surface area contributed by atoms with Crippen molar-refractivity contribution in [3.63, 3.8) is 0 Å². The Morgan fingerprint density at radius 1 is 1.54 bits per heavy atom. The maximum Gasteiger partial charge on any atom is 0.213 e. The molecule has 0 saturated carbocycles. The van der Waals surface area contributed by atoms with Gasteiger partial charge >= 0.3 is 0 Å². The van der Waals surface area contributed by atoms with Crippen LogP contribution in [0.5, 0.6) is 5.88 Å². The fourth-order valence-corrected chi connectivity index (χ4v) is 1.08. The SMILES string of the molecule is COc1ccc(NC(C)=S)c(C)n1. The molecule has 0 aliphatic heterocycles. The normalized spacial score (nSPS) is 9.46. The molecule has 0 aromatic carbocycles. The zero-order valence-electron chi connectivity index (χ0n) is 7.92. The van der Waals surface area contributed by atoms with Crippen molar-refractivity contribution in [2.75, 3.05) is 12.4 Å². The summed E-state index contributed by atoms with van der Waals surface area (Å²) in [5.41, 5.74) is 1.80. The number of aryl methyl sites for hydroxylation is 1. The number of methoxy groups -OCH3 is 1. The zero-order chi connectivity index (χ0) is 9.84. The Bertz CT molecular complexity index is 325. The molecule has 0 aliphatic rings. The number of nitrogens with zero attached hydrogens (tertiary/aromatic N) is 1. The first-order valence-electron chi connectivity index (χ1n) is 3.92. The number of rotatable bonds is 2. The maximum absolute atomic E-state index is 4.98. The number of nitrogens with one attached hydrogen (secondary N) is 1. The molecule has 0 saturated heterocycles. The molecule has 70 valence electrons. The predicted octanol–water partition coefficient (Wildman–Crippen LogP) is 2.16. The highest BCUT2D eigenvalue weighted by atomic mass is 32.1. The smallest absolute Gasteiger partial charge is 0.213 e. The molecule has 1 N–H and O–H groups in total. The Labute approximate surface area is 83.1 Å². The van der Waals surface area contributed by atoms with Crippen molar-refractivity contribution in [2.24, 2.45) is 0 Å². The van der Waals surface area contributed by atoms with Crippen molar-refractivity contribution in [2.45, 2.75) is 13.8 Å². The van der Waals surface area contributed by atoms with Crippen LogP contribution >= 0.6 is 12.2 Å². The molecule has 4 heteroatoms. The van der Waals surface area contributed by atoms with Crippen LogP contribution in [0.2, 0.25) is 0 Å². The standard InChI is InChI=1S/C9H12N2OS/c1-6-8(11-7(2)13)4-5-9(10-6)12-3/h4-5H,1-3H3,(H,11,13). The fourth-order valence-electron chi connectivity index (χ4n) is 0.973. The Hall–Kier alpha value is -1.16. The third kappa shape index (κ3) is 2.66. The summed E-state index contributed by atoms with van der Waals surface area (Å²) in [5.74, 6) is 0.616. The lowest BCUT2D eigenvalue weighted by atomic mass is 10.3. The second-order valence-electron chi connectivity index (χ2n) is 2.67. The van der Waals surface area contributed by atoms with Gasteiger partial charge in [0, 0.05) is 6.07 Å². The van der Waals surface area contributed by atoms with E-state index in [4.69, 9.17) is 17.0 Å². The summed E-state index contributed by atoms with van der Waals surface area (Å²) in [6, 6.07) is 3.70. The van der Waals surface area contributed by atoms with E-state index >= 15 is 0 Å². The van der Waals surface area contributed by atoms with E-state index in [1.165, 1.54) is 0 Å². The highest BCUT2D eigenvalue weighted by Crippen LogP contribution is 2.16. The van der Waals surface area contributed by atoms with E-state index in [1.54, 1.807) is 13.2 Å². The number of hydrogen-bond acceptors (Lipinski definition) is 3. The summed E-state index contributed by atoms with van der Waals surface area (Å²) in [7, 11) is 1.60. The number of ether oxygens (including phenoxy) is 1. The molecule has 1 aromatic rings. The lowest BCUT2D eigenvalue weighted by Gasteiger charge is -2.07. The summed E-state index contributed by atoms with van der Waals surface area (Å²) < 4.78 is 4.98. The van der Waals surface area contributed by atoms with E-state index in [1.807, 2.05) is 19.9 Å². The molecule has 0 bridgehead atoms. The van der Waals surface area contributed by atoms with E-state index < -0.39 is 0 Å². The molecule has 13 heavy (non-hydrogen) atoms. The molecule has 1 rings (SSSR count). The molecule has 0 radical (unpaired) electrons. The average Bonchev–Trinajstić information content (AvgIpc) is 2.08. The second-order valence-corrected chi connectivity index (χ2v) is 3.28. The highest BCUT2D eigenvalue weighted by molar-refractivity contribution is 7.80. The van der Waals surface area contributed by atoms with Crippen LogP contribution in [0.4, 0.5) is 5.69 Å². The minimum Gasteiger partial charge on any atom is -0.481 e. The molecule has 0 unspecified atom stereocenters.